The third kappa shape index (κ3) is 63.7. The molecule has 0 rings (SSSR count). The maximum absolute atomic E-state index is 12.0. The Morgan fingerprint density at radius 2 is 0.296 bits per heavy atom. The highest BCUT2D eigenvalue weighted by atomic mass is 16.1. The van der Waals surface area contributed by atoms with E-state index in [4.69, 9.17) is 5.73 Å². The molecule has 0 aromatic carbocycles. The fourth-order valence-electron chi connectivity index (χ4n) is 11.8. The Hall–Kier alpha value is -0.530. The van der Waals surface area contributed by atoms with E-state index in [1.165, 1.54) is 405 Å². The second kappa shape index (κ2) is 65.6. The molecule has 0 aliphatic rings. The highest BCUT2D eigenvalue weighted by molar-refractivity contribution is 5.76. The van der Waals surface area contributed by atoms with Crippen molar-refractivity contribution in [1.82, 2.24) is 0 Å². The van der Waals surface area contributed by atoms with Crippen LogP contribution in [-0.4, -0.2) is 5.91 Å². The summed E-state index contributed by atoms with van der Waals surface area (Å²) in [5, 5.41) is 0. The number of amides is 1. The summed E-state index contributed by atoms with van der Waals surface area (Å²) in [5.41, 5.74) is 5.76. The molecular weight excluding hydrogens is 859 g/mol. The number of rotatable bonds is 66. The van der Waals surface area contributed by atoms with Gasteiger partial charge < -0.3 is 5.73 Å². The summed E-state index contributed by atoms with van der Waals surface area (Å²) in [7, 11) is 0. The van der Waals surface area contributed by atoms with Crippen LogP contribution in [0.5, 0.6) is 0 Å². The molecule has 0 aliphatic carbocycles. The number of hydrogen-bond acceptors (Lipinski definition) is 1. The van der Waals surface area contributed by atoms with Crippen LogP contribution in [0.1, 0.15) is 431 Å². The summed E-state index contributed by atoms with van der Waals surface area (Å²) >= 11 is 0. The number of unbranched alkanes of at least 4 members (excludes halogenated alkanes) is 61. The fourth-order valence-corrected chi connectivity index (χ4v) is 11.8. The van der Waals surface area contributed by atoms with Crippen LogP contribution in [0.2, 0.25) is 0 Å². The van der Waals surface area contributed by atoms with Crippen molar-refractivity contribution in [2.45, 2.75) is 431 Å². The van der Waals surface area contributed by atoms with Crippen molar-refractivity contribution in [2.24, 2.45) is 11.7 Å². The molecule has 2 heteroatoms. The lowest BCUT2D eigenvalue weighted by molar-refractivity contribution is -0.122. The molecule has 0 bridgehead atoms. The van der Waals surface area contributed by atoms with Gasteiger partial charge in [0.1, 0.15) is 0 Å². The smallest absolute Gasteiger partial charge is 0.220 e. The van der Waals surface area contributed by atoms with Crippen molar-refractivity contribution in [3.8, 4) is 0 Å². The molecule has 2 nitrogen and oxygen atoms in total. The minimum atomic E-state index is -0.0521. The molecule has 0 aliphatic heterocycles. The third-order valence-electron chi connectivity index (χ3n) is 17.0. The molecule has 71 heavy (non-hydrogen) atoms. The monoisotopic (exact) mass is 998 g/mol. The van der Waals surface area contributed by atoms with Gasteiger partial charge in [0, 0.05) is 5.92 Å². The first-order valence-corrected chi connectivity index (χ1v) is 34.5. The summed E-state index contributed by atoms with van der Waals surface area (Å²) < 4.78 is 0. The van der Waals surface area contributed by atoms with Crippen molar-refractivity contribution in [1.29, 1.82) is 0 Å². The van der Waals surface area contributed by atoms with Gasteiger partial charge >= 0.3 is 0 Å². The Morgan fingerprint density at radius 1 is 0.197 bits per heavy atom. The van der Waals surface area contributed by atoms with Gasteiger partial charge in [0.05, 0.1) is 0 Å². The lowest BCUT2D eigenvalue weighted by Crippen LogP contribution is -2.23. The first-order chi connectivity index (χ1) is 35.2. The second-order valence-electron chi connectivity index (χ2n) is 24.2. The molecule has 0 saturated heterocycles. The van der Waals surface area contributed by atoms with E-state index in [1.54, 1.807) is 0 Å². The number of nitrogens with two attached hydrogens (primary N) is 1. The largest absolute Gasteiger partial charge is 0.369 e. The van der Waals surface area contributed by atoms with Gasteiger partial charge in [-0.2, -0.15) is 0 Å². The average Bonchev–Trinajstić information content (AvgIpc) is 3.37. The highest BCUT2D eigenvalue weighted by Crippen LogP contribution is 2.22. The Balaban J connectivity index is 3.17. The molecular formula is C69H139NO. The lowest BCUT2D eigenvalue weighted by atomic mass is 9.93. The van der Waals surface area contributed by atoms with Crippen molar-refractivity contribution in [3.05, 3.63) is 0 Å². The topological polar surface area (TPSA) is 43.1 Å². The van der Waals surface area contributed by atoms with Gasteiger partial charge in [0.15, 0.2) is 0 Å². The molecule has 1 atom stereocenters. The van der Waals surface area contributed by atoms with E-state index < -0.39 is 0 Å². The zero-order valence-corrected chi connectivity index (χ0v) is 50.0. The predicted octanol–water partition coefficient (Wildman–Crippen LogP) is 25.5. The van der Waals surface area contributed by atoms with E-state index in [0.717, 1.165) is 12.8 Å². The molecule has 0 fully saturated rings. The average molecular weight is 999 g/mol. The van der Waals surface area contributed by atoms with Crippen LogP contribution in [0.4, 0.5) is 0 Å². The normalized spacial score (nSPS) is 12.1. The van der Waals surface area contributed by atoms with E-state index >= 15 is 0 Å². The van der Waals surface area contributed by atoms with Gasteiger partial charge in [-0.3, -0.25) is 4.79 Å². The molecule has 1 unspecified atom stereocenters. The fraction of sp³-hybridized carbons (Fsp3) is 0.986. The Labute approximate surface area is 451 Å². The minimum absolute atomic E-state index is 0.0521. The molecule has 0 spiro atoms. The quantitative estimate of drug-likeness (QED) is 0.0606. The van der Waals surface area contributed by atoms with Crippen molar-refractivity contribution >= 4 is 5.91 Å². The number of carbonyl (C=O) groups is 1. The lowest BCUT2D eigenvalue weighted by Gasteiger charge is -2.13. The van der Waals surface area contributed by atoms with Gasteiger partial charge in [-0.25, -0.2) is 0 Å². The third-order valence-corrected chi connectivity index (χ3v) is 17.0. The molecule has 0 radical (unpaired) electrons. The SMILES string of the molecule is CCCCCCCCCCCCCCCCCCCCCCCCCCCCCCCCCCCCCCCCCCCCCCCCCCCCCCCC(CCCCCCCCCCCC)C(N)=O. The molecule has 0 aromatic heterocycles. The van der Waals surface area contributed by atoms with Gasteiger partial charge in [0.2, 0.25) is 5.91 Å². The number of carbonyl (C=O) groups excluding carboxylic acids is 1. The summed E-state index contributed by atoms with van der Waals surface area (Å²) in [5.74, 6) is 0.0692. The van der Waals surface area contributed by atoms with E-state index in [2.05, 4.69) is 13.8 Å². The first-order valence-electron chi connectivity index (χ1n) is 34.5. The van der Waals surface area contributed by atoms with E-state index in [-0.39, 0.29) is 11.8 Å². The van der Waals surface area contributed by atoms with Gasteiger partial charge in [-0.1, -0.05) is 418 Å². The van der Waals surface area contributed by atoms with Crippen LogP contribution in [0.3, 0.4) is 0 Å². The molecule has 0 saturated carbocycles. The van der Waals surface area contributed by atoms with E-state index in [0.29, 0.717) is 0 Å². The maximum Gasteiger partial charge on any atom is 0.220 e. The second-order valence-corrected chi connectivity index (χ2v) is 24.2. The zero-order valence-electron chi connectivity index (χ0n) is 50.0. The van der Waals surface area contributed by atoms with Crippen LogP contribution in [0.15, 0.2) is 0 Å². The zero-order chi connectivity index (χ0) is 51.1. The van der Waals surface area contributed by atoms with Crippen molar-refractivity contribution < 1.29 is 4.79 Å². The predicted molar refractivity (Wildman–Crippen MR) is 324 cm³/mol. The van der Waals surface area contributed by atoms with Crippen LogP contribution in [-0.2, 0) is 4.79 Å². The number of primary amides is 1. The van der Waals surface area contributed by atoms with Crippen LogP contribution in [0, 0.1) is 5.92 Å². The molecule has 426 valence electrons. The van der Waals surface area contributed by atoms with Crippen LogP contribution >= 0.6 is 0 Å². The maximum atomic E-state index is 12.0. The van der Waals surface area contributed by atoms with Crippen molar-refractivity contribution in [2.75, 3.05) is 0 Å². The van der Waals surface area contributed by atoms with Gasteiger partial charge in [-0.15, -0.1) is 0 Å². The van der Waals surface area contributed by atoms with Crippen LogP contribution in [0.25, 0.3) is 0 Å². The van der Waals surface area contributed by atoms with Gasteiger partial charge in [0.25, 0.3) is 0 Å². The van der Waals surface area contributed by atoms with E-state index in [9.17, 15) is 4.79 Å². The summed E-state index contributed by atoms with van der Waals surface area (Å²) in [6.07, 6.45) is 93.1. The summed E-state index contributed by atoms with van der Waals surface area (Å²) in [6.45, 7) is 4.60. The Morgan fingerprint density at radius 3 is 0.394 bits per heavy atom. The first kappa shape index (κ1) is 70.5. The molecule has 0 aromatic rings. The Kier molecular flexibility index (Phi) is 65.1. The highest BCUT2D eigenvalue weighted by Gasteiger charge is 2.14. The van der Waals surface area contributed by atoms with Gasteiger partial charge in [-0.05, 0) is 12.8 Å². The van der Waals surface area contributed by atoms with Crippen molar-refractivity contribution in [3.63, 3.8) is 0 Å². The molecule has 1 amide bonds. The minimum Gasteiger partial charge on any atom is -0.369 e. The number of hydrogen-bond donors (Lipinski definition) is 1. The summed E-state index contributed by atoms with van der Waals surface area (Å²) in [4.78, 5) is 12.0. The standard InChI is InChI=1S/C69H139NO/c1-3-5-7-9-11-13-15-16-17-18-19-20-21-22-23-24-25-26-27-28-29-30-31-32-33-34-35-36-37-38-39-40-41-42-43-44-45-46-47-48-49-50-51-52-53-54-55-56-57-59-61-63-65-67-68(69(70)71)66-64-62-60-58-14-12-10-8-6-4-2/h68H,3-67H2,1-2H3,(H2,70,71). The molecule has 2 N–H and O–H groups in total. The summed E-state index contributed by atoms with van der Waals surface area (Å²) in [6, 6.07) is 0. The van der Waals surface area contributed by atoms with E-state index in [1.807, 2.05) is 0 Å². The molecule has 0 heterocycles. The Bertz CT molecular complexity index is 930. The van der Waals surface area contributed by atoms with Crippen LogP contribution < -0.4 is 5.73 Å².